The van der Waals surface area contributed by atoms with Gasteiger partial charge in [-0.15, -0.1) is 0 Å². The number of halogens is 1. The molecule has 0 unspecified atom stereocenters. The molecule has 0 saturated carbocycles. The largest absolute Gasteiger partial charge is 0.343 e. The lowest BCUT2D eigenvalue weighted by Gasteiger charge is -2.37. The first kappa shape index (κ1) is 33.4. The number of amides is 4. The highest BCUT2D eigenvalue weighted by molar-refractivity contribution is 7.88. The standard InChI is InChI=1S/C31H40ClN5O6S/c1-21-18-24(10-11-25(21)32)34-30(40)26(14-15-33-44(2,42)43)35-31(41)27-19-22-8-4-5-9-23(22)20-37(27)29(39)13-12-28(38)36-16-6-3-7-17-36/h4-5,8-11,18,26-27,33H,3,6-7,12-17,19-20H2,1-2H3,(H,34,40)(H,35,41)/t26-,27-/m0/s1. The number of anilines is 1. The fourth-order valence-electron chi connectivity index (χ4n) is 5.56. The van der Waals surface area contributed by atoms with E-state index in [-0.39, 0.29) is 50.6 Å². The van der Waals surface area contributed by atoms with Gasteiger partial charge >= 0.3 is 0 Å². The van der Waals surface area contributed by atoms with E-state index in [2.05, 4.69) is 15.4 Å². The first-order chi connectivity index (χ1) is 20.9. The monoisotopic (exact) mass is 645 g/mol. The predicted molar refractivity (Wildman–Crippen MR) is 168 cm³/mol. The molecule has 0 radical (unpaired) electrons. The molecule has 44 heavy (non-hydrogen) atoms. The van der Waals surface area contributed by atoms with E-state index in [4.69, 9.17) is 11.6 Å². The van der Waals surface area contributed by atoms with Crippen molar-refractivity contribution in [2.24, 2.45) is 0 Å². The maximum Gasteiger partial charge on any atom is 0.247 e. The van der Waals surface area contributed by atoms with Crippen molar-refractivity contribution < 1.29 is 27.6 Å². The summed E-state index contributed by atoms with van der Waals surface area (Å²) >= 11 is 6.11. The summed E-state index contributed by atoms with van der Waals surface area (Å²) in [5.74, 6) is -1.47. The number of benzene rings is 2. The first-order valence-electron chi connectivity index (χ1n) is 14.9. The van der Waals surface area contributed by atoms with Gasteiger partial charge in [0, 0.05) is 56.2 Å². The molecular weight excluding hydrogens is 606 g/mol. The van der Waals surface area contributed by atoms with E-state index in [9.17, 15) is 27.6 Å². The minimum atomic E-state index is -3.53. The van der Waals surface area contributed by atoms with Crippen molar-refractivity contribution in [3.63, 3.8) is 0 Å². The summed E-state index contributed by atoms with van der Waals surface area (Å²) in [6, 6.07) is 10.5. The topological polar surface area (TPSA) is 145 Å². The maximum absolute atomic E-state index is 13.8. The van der Waals surface area contributed by atoms with Crippen LogP contribution in [0.25, 0.3) is 0 Å². The zero-order valence-electron chi connectivity index (χ0n) is 25.1. The Bertz CT molecular complexity index is 1490. The Balaban J connectivity index is 1.50. The number of sulfonamides is 1. The SMILES string of the molecule is Cc1cc(NC(=O)[C@H](CCNS(C)(=O)=O)NC(=O)[C@@H]2Cc3ccccc3CN2C(=O)CCC(=O)N2CCCCC2)ccc1Cl. The van der Waals surface area contributed by atoms with Gasteiger partial charge in [-0.3, -0.25) is 19.2 Å². The van der Waals surface area contributed by atoms with Crippen LogP contribution in [-0.4, -0.2) is 79.8 Å². The molecule has 2 aromatic carbocycles. The summed E-state index contributed by atoms with van der Waals surface area (Å²) in [4.78, 5) is 56.7. The summed E-state index contributed by atoms with van der Waals surface area (Å²) in [5.41, 5.74) is 3.04. The van der Waals surface area contributed by atoms with Crippen LogP contribution in [0.4, 0.5) is 5.69 Å². The lowest BCUT2D eigenvalue weighted by molar-refractivity contribution is -0.144. The molecule has 0 aromatic heterocycles. The van der Waals surface area contributed by atoms with E-state index < -0.39 is 33.9 Å². The second-order valence-electron chi connectivity index (χ2n) is 11.4. The molecule has 2 aromatic rings. The summed E-state index contributed by atoms with van der Waals surface area (Å²) in [5, 5.41) is 6.07. The quantitative estimate of drug-likeness (QED) is 0.343. The van der Waals surface area contributed by atoms with Crippen LogP contribution in [-0.2, 0) is 42.2 Å². The third-order valence-corrected chi connectivity index (χ3v) is 9.14. The Kier molecular flexibility index (Phi) is 11.4. The number of likely N-dealkylation sites (tertiary alicyclic amines) is 1. The van der Waals surface area contributed by atoms with Gasteiger partial charge in [-0.1, -0.05) is 35.9 Å². The summed E-state index contributed by atoms with van der Waals surface area (Å²) in [6.45, 7) is 3.29. The highest BCUT2D eigenvalue weighted by Crippen LogP contribution is 2.25. The van der Waals surface area contributed by atoms with E-state index in [0.29, 0.717) is 23.8 Å². The molecule has 238 valence electrons. The van der Waals surface area contributed by atoms with E-state index in [1.807, 2.05) is 24.3 Å². The van der Waals surface area contributed by atoms with Crippen LogP contribution in [0.1, 0.15) is 55.2 Å². The highest BCUT2D eigenvalue weighted by atomic mass is 35.5. The van der Waals surface area contributed by atoms with Gasteiger partial charge in [0.2, 0.25) is 33.7 Å². The minimum Gasteiger partial charge on any atom is -0.343 e. The van der Waals surface area contributed by atoms with Crippen LogP contribution in [0.15, 0.2) is 42.5 Å². The van der Waals surface area contributed by atoms with Crippen molar-refractivity contribution in [1.29, 1.82) is 0 Å². The number of rotatable bonds is 11. The Morgan fingerprint density at radius 2 is 1.66 bits per heavy atom. The van der Waals surface area contributed by atoms with E-state index >= 15 is 0 Å². The number of nitrogens with one attached hydrogen (secondary N) is 3. The number of hydrogen-bond acceptors (Lipinski definition) is 6. The molecule has 0 spiro atoms. The molecule has 3 N–H and O–H groups in total. The van der Waals surface area contributed by atoms with Gasteiger partial charge in [-0.05, 0) is 67.5 Å². The Morgan fingerprint density at radius 1 is 0.977 bits per heavy atom. The molecule has 1 saturated heterocycles. The predicted octanol–water partition coefficient (Wildman–Crippen LogP) is 2.76. The lowest BCUT2D eigenvalue weighted by atomic mass is 9.92. The van der Waals surface area contributed by atoms with Gasteiger partial charge in [0.15, 0.2) is 0 Å². The van der Waals surface area contributed by atoms with E-state index in [0.717, 1.165) is 42.2 Å². The van der Waals surface area contributed by atoms with Crippen LogP contribution in [0.2, 0.25) is 5.02 Å². The Labute approximate surface area is 263 Å². The molecule has 2 heterocycles. The van der Waals surface area contributed by atoms with Crippen LogP contribution in [0.3, 0.4) is 0 Å². The van der Waals surface area contributed by atoms with Crippen LogP contribution in [0, 0.1) is 6.92 Å². The van der Waals surface area contributed by atoms with Gasteiger partial charge in [0.1, 0.15) is 12.1 Å². The van der Waals surface area contributed by atoms with E-state index in [1.54, 1.807) is 30.0 Å². The number of nitrogens with zero attached hydrogens (tertiary/aromatic N) is 2. The fourth-order valence-corrected chi connectivity index (χ4v) is 6.16. The van der Waals surface area contributed by atoms with Crippen molar-refractivity contribution >= 4 is 50.9 Å². The summed E-state index contributed by atoms with van der Waals surface area (Å²) in [6.07, 6.45) is 4.26. The van der Waals surface area contributed by atoms with Crippen LogP contribution >= 0.6 is 11.6 Å². The van der Waals surface area contributed by atoms with Crippen molar-refractivity contribution in [2.45, 2.75) is 70.5 Å². The third kappa shape index (κ3) is 9.26. The summed E-state index contributed by atoms with van der Waals surface area (Å²) in [7, 11) is -3.53. The molecular formula is C31H40ClN5O6S. The highest BCUT2D eigenvalue weighted by Gasteiger charge is 2.36. The Hall–Kier alpha value is -3.48. The normalized spacial score (nSPS) is 17.4. The number of piperidine rings is 1. The average Bonchev–Trinajstić information content (AvgIpc) is 3.00. The molecule has 4 amide bonds. The second-order valence-corrected chi connectivity index (χ2v) is 13.7. The Morgan fingerprint density at radius 3 is 2.34 bits per heavy atom. The van der Waals surface area contributed by atoms with Crippen molar-refractivity contribution in [3.8, 4) is 0 Å². The number of carbonyl (C=O) groups is 4. The zero-order chi connectivity index (χ0) is 31.9. The molecule has 4 rings (SSSR count). The van der Waals surface area contributed by atoms with Gasteiger partial charge in [-0.25, -0.2) is 13.1 Å². The lowest BCUT2D eigenvalue weighted by Crippen LogP contribution is -2.56. The molecule has 11 nitrogen and oxygen atoms in total. The van der Waals surface area contributed by atoms with Crippen molar-refractivity contribution in [2.75, 3.05) is 31.2 Å². The van der Waals surface area contributed by atoms with Gasteiger partial charge in [0.05, 0.1) is 6.26 Å². The van der Waals surface area contributed by atoms with Gasteiger partial charge < -0.3 is 20.4 Å². The first-order valence-corrected chi connectivity index (χ1v) is 17.1. The van der Waals surface area contributed by atoms with Crippen LogP contribution < -0.4 is 15.4 Å². The van der Waals surface area contributed by atoms with Crippen LogP contribution in [0.5, 0.6) is 0 Å². The third-order valence-electron chi connectivity index (χ3n) is 7.99. The molecule has 2 aliphatic rings. The number of carbonyl (C=O) groups excluding carboxylic acids is 4. The summed E-state index contributed by atoms with van der Waals surface area (Å²) < 4.78 is 25.7. The minimum absolute atomic E-state index is 0.0284. The number of hydrogen-bond donors (Lipinski definition) is 3. The molecule has 0 aliphatic carbocycles. The molecule has 0 bridgehead atoms. The number of aryl methyl sites for hydroxylation is 1. The fraction of sp³-hybridized carbons (Fsp3) is 0.484. The molecule has 2 aliphatic heterocycles. The number of fused-ring (bicyclic) bond motifs is 1. The maximum atomic E-state index is 13.8. The van der Waals surface area contributed by atoms with Crippen molar-refractivity contribution in [3.05, 3.63) is 64.2 Å². The van der Waals surface area contributed by atoms with Gasteiger partial charge in [-0.2, -0.15) is 0 Å². The van der Waals surface area contributed by atoms with E-state index in [1.165, 1.54) is 4.90 Å². The average molecular weight is 646 g/mol. The second kappa shape index (κ2) is 15.0. The van der Waals surface area contributed by atoms with Gasteiger partial charge in [0.25, 0.3) is 0 Å². The molecule has 2 atom stereocenters. The zero-order valence-corrected chi connectivity index (χ0v) is 26.7. The smallest absolute Gasteiger partial charge is 0.247 e. The van der Waals surface area contributed by atoms with Crippen molar-refractivity contribution in [1.82, 2.24) is 19.8 Å². The molecule has 1 fully saturated rings. The molecule has 13 heteroatoms.